The maximum atomic E-state index is 11.6. The molecule has 0 spiro atoms. The van der Waals surface area contributed by atoms with Crippen molar-refractivity contribution in [3.63, 3.8) is 0 Å². The van der Waals surface area contributed by atoms with Crippen molar-refractivity contribution in [1.29, 1.82) is 0 Å². The van der Waals surface area contributed by atoms with Crippen molar-refractivity contribution in [1.82, 2.24) is 0 Å². The van der Waals surface area contributed by atoms with Crippen LogP contribution in [0.1, 0.15) is 19.4 Å². The summed E-state index contributed by atoms with van der Waals surface area (Å²) in [6.07, 6.45) is 0.877. The second-order valence-electron chi connectivity index (χ2n) is 5.17. The van der Waals surface area contributed by atoms with Crippen LogP contribution < -0.4 is 9.47 Å². The van der Waals surface area contributed by atoms with E-state index in [0.717, 1.165) is 23.5 Å². The number of carbonyl (C=O) groups is 1. The first-order valence-corrected chi connectivity index (χ1v) is 7.05. The molecule has 0 N–H and O–H groups in total. The minimum atomic E-state index is 0.00655. The van der Waals surface area contributed by atoms with Crippen LogP contribution in [0.25, 0.3) is 0 Å². The summed E-state index contributed by atoms with van der Waals surface area (Å²) in [7, 11) is 1.65. The minimum Gasteiger partial charge on any atom is -0.497 e. The highest BCUT2D eigenvalue weighted by Crippen LogP contribution is 2.26. The van der Waals surface area contributed by atoms with Gasteiger partial charge in [-0.1, -0.05) is 13.8 Å². The van der Waals surface area contributed by atoms with Crippen molar-refractivity contribution < 1.29 is 19.0 Å². The third kappa shape index (κ3) is 3.31. The zero-order valence-electron chi connectivity index (χ0n) is 12.3. The van der Waals surface area contributed by atoms with Crippen LogP contribution in [0, 0.1) is 11.8 Å². The summed E-state index contributed by atoms with van der Waals surface area (Å²) < 4.78 is 16.4. The Morgan fingerprint density at radius 2 is 2.20 bits per heavy atom. The fourth-order valence-corrected chi connectivity index (χ4v) is 2.34. The van der Waals surface area contributed by atoms with Crippen molar-refractivity contribution in [2.24, 2.45) is 11.8 Å². The van der Waals surface area contributed by atoms with Gasteiger partial charge in [-0.2, -0.15) is 0 Å². The highest BCUT2D eigenvalue weighted by atomic mass is 16.5. The molecule has 0 aliphatic carbocycles. The molecule has 0 bridgehead atoms. The Morgan fingerprint density at radius 1 is 1.40 bits per heavy atom. The number of hydrogen-bond acceptors (Lipinski definition) is 4. The molecule has 1 fully saturated rings. The summed E-state index contributed by atoms with van der Waals surface area (Å²) in [6.45, 7) is 5.36. The number of hydrogen-bond donors (Lipinski definition) is 0. The highest BCUT2D eigenvalue weighted by Gasteiger charge is 2.29. The molecule has 1 saturated heterocycles. The number of rotatable bonds is 5. The number of aryl methyl sites for hydroxylation is 1. The topological polar surface area (TPSA) is 44.8 Å². The van der Waals surface area contributed by atoms with Gasteiger partial charge in [-0.15, -0.1) is 0 Å². The van der Waals surface area contributed by atoms with E-state index in [-0.39, 0.29) is 24.2 Å². The fraction of sp³-hybridized carbons (Fsp3) is 0.562. The number of Topliss-reactive ketones (excluding diaryl/α,β-unsaturated/α-hetero) is 1. The highest BCUT2D eigenvalue weighted by molar-refractivity contribution is 5.82. The van der Waals surface area contributed by atoms with Gasteiger partial charge < -0.3 is 14.2 Å². The summed E-state index contributed by atoms with van der Waals surface area (Å²) in [5.41, 5.74) is 1.11. The van der Waals surface area contributed by atoms with Crippen LogP contribution in [-0.2, 0) is 16.0 Å². The standard InChI is InChI=1S/C16H22O4/c1-4-12-7-14(18-3)5-6-16(12)20-9-13-8-19-10-15(17)11(13)2/h5-7,11,13H,4,8-10H2,1-3H3. The van der Waals surface area contributed by atoms with Crippen LogP contribution in [0.5, 0.6) is 11.5 Å². The lowest BCUT2D eigenvalue weighted by atomic mass is 9.90. The van der Waals surface area contributed by atoms with Crippen LogP contribution in [0.2, 0.25) is 0 Å². The average molecular weight is 278 g/mol. The molecule has 1 aromatic carbocycles. The number of carbonyl (C=O) groups excluding carboxylic acids is 1. The molecule has 0 radical (unpaired) electrons. The first-order chi connectivity index (χ1) is 9.65. The van der Waals surface area contributed by atoms with Gasteiger partial charge >= 0.3 is 0 Å². The molecule has 1 aliphatic rings. The van der Waals surface area contributed by atoms with Crippen LogP contribution in [0.15, 0.2) is 18.2 Å². The van der Waals surface area contributed by atoms with E-state index < -0.39 is 0 Å². The lowest BCUT2D eigenvalue weighted by Crippen LogP contribution is -2.37. The van der Waals surface area contributed by atoms with Crippen molar-refractivity contribution >= 4 is 5.78 Å². The van der Waals surface area contributed by atoms with E-state index in [2.05, 4.69) is 6.92 Å². The van der Waals surface area contributed by atoms with Gasteiger partial charge in [0.05, 0.1) is 20.3 Å². The maximum absolute atomic E-state index is 11.6. The predicted octanol–water partition coefficient (Wildman–Crippen LogP) is 2.49. The van der Waals surface area contributed by atoms with Crippen LogP contribution >= 0.6 is 0 Å². The van der Waals surface area contributed by atoms with Gasteiger partial charge in [0.15, 0.2) is 5.78 Å². The summed E-state index contributed by atoms with van der Waals surface area (Å²) in [5.74, 6) is 1.99. The Morgan fingerprint density at radius 3 is 2.90 bits per heavy atom. The fourth-order valence-electron chi connectivity index (χ4n) is 2.34. The van der Waals surface area contributed by atoms with Gasteiger partial charge in [0.1, 0.15) is 18.1 Å². The van der Waals surface area contributed by atoms with Crippen molar-refractivity contribution in [3.05, 3.63) is 23.8 Å². The Kier molecular flexibility index (Phi) is 5.01. The van der Waals surface area contributed by atoms with E-state index in [1.807, 2.05) is 25.1 Å². The number of ketones is 1. The van der Waals surface area contributed by atoms with E-state index in [4.69, 9.17) is 14.2 Å². The molecule has 1 aromatic rings. The minimum absolute atomic E-state index is 0.00655. The van der Waals surface area contributed by atoms with Crippen LogP contribution in [-0.4, -0.2) is 32.7 Å². The van der Waals surface area contributed by atoms with Gasteiger partial charge in [-0.05, 0) is 30.2 Å². The molecule has 0 amide bonds. The lowest BCUT2D eigenvalue weighted by Gasteiger charge is -2.27. The monoisotopic (exact) mass is 278 g/mol. The normalized spacial score (nSPS) is 22.6. The van der Waals surface area contributed by atoms with E-state index in [9.17, 15) is 4.79 Å². The molecular weight excluding hydrogens is 256 g/mol. The zero-order chi connectivity index (χ0) is 14.5. The first kappa shape index (κ1) is 14.9. The van der Waals surface area contributed by atoms with Crippen molar-refractivity contribution in [2.75, 3.05) is 26.9 Å². The molecule has 110 valence electrons. The number of methoxy groups -OCH3 is 1. The lowest BCUT2D eigenvalue weighted by molar-refractivity contribution is -0.136. The molecule has 2 rings (SSSR count). The quantitative estimate of drug-likeness (QED) is 0.830. The van der Waals surface area contributed by atoms with Crippen molar-refractivity contribution in [3.8, 4) is 11.5 Å². The van der Waals surface area contributed by atoms with E-state index in [0.29, 0.717) is 13.2 Å². The smallest absolute Gasteiger partial charge is 0.161 e. The zero-order valence-corrected chi connectivity index (χ0v) is 12.3. The maximum Gasteiger partial charge on any atom is 0.161 e. The molecule has 4 nitrogen and oxygen atoms in total. The second-order valence-corrected chi connectivity index (χ2v) is 5.17. The van der Waals surface area contributed by atoms with Crippen molar-refractivity contribution in [2.45, 2.75) is 20.3 Å². The van der Waals surface area contributed by atoms with Crippen LogP contribution in [0.4, 0.5) is 0 Å². The van der Waals surface area contributed by atoms with Gasteiger partial charge in [-0.3, -0.25) is 4.79 Å². The number of benzene rings is 1. The molecule has 2 unspecified atom stereocenters. The Hall–Kier alpha value is -1.55. The first-order valence-electron chi connectivity index (χ1n) is 7.05. The predicted molar refractivity (Wildman–Crippen MR) is 76.3 cm³/mol. The molecular formula is C16H22O4. The van der Waals surface area contributed by atoms with Gasteiger partial charge in [0.2, 0.25) is 0 Å². The molecule has 20 heavy (non-hydrogen) atoms. The average Bonchev–Trinajstić information content (AvgIpc) is 2.48. The molecule has 0 aromatic heterocycles. The molecule has 0 saturated carbocycles. The largest absolute Gasteiger partial charge is 0.497 e. The Bertz CT molecular complexity index is 470. The second kappa shape index (κ2) is 6.75. The molecule has 1 heterocycles. The van der Waals surface area contributed by atoms with Gasteiger partial charge in [0, 0.05) is 11.8 Å². The van der Waals surface area contributed by atoms with Gasteiger partial charge in [-0.25, -0.2) is 0 Å². The van der Waals surface area contributed by atoms with Crippen LogP contribution in [0.3, 0.4) is 0 Å². The Labute approximate surface area is 120 Å². The van der Waals surface area contributed by atoms with Gasteiger partial charge in [0.25, 0.3) is 0 Å². The summed E-state index contributed by atoms with van der Waals surface area (Å²) >= 11 is 0. The Balaban J connectivity index is 2.01. The molecule has 1 aliphatic heterocycles. The third-order valence-corrected chi connectivity index (χ3v) is 3.89. The SMILES string of the molecule is CCc1cc(OC)ccc1OCC1COCC(=O)C1C. The number of ether oxygens (including phenoxy) is 3. The van der Waals surface area contributed by atoms with E-state index in [1.54, 1.807) is 7.11 Å². The summed E-state index contributed by atoms with van der Waals surface area (Å²) in [4.78, 5) is 11.6. The van der Waals surface area contributed by atoms with E-state index in [1.165, 1.54) is 0 Å². The molecule has 4 heteroatoms. The summed E-state index contributed by atoms with van der Waals surface area (Å²) in [5, 5.41) is 0. The molecule has 2 atom stereocenters. The third-order valence-electron chi connectivity index (χ3n) is 3.89. The van der Waals surface area contributed by atoms with E-state index >= 15 is 0 Å². The summed E-state index contributed by atoms with van der Waals surface area (Å²) in [6, 6.07) is 5.80.